The molecule has 0 bridgehead atoms. The summed E-state index contributed by atoms with van der Waals surface area (Å²) in [5.41, 5.74) is 0.771. The average Bonchev–Trinajstić information content (AvgIpc) is 2.81. The Hall–Kier alpha value is -2.98. The lowest BCUT2D eigenvalue weighted by Crippen LogP contribution is -2.51. The normalized spacial score (nSPS) is 11.9. The number of hydrogen-bond acceptors (Lipinski definition) is 6. The van der Waals surface area contributed by atoms with Gasteiger partial charge in [-0.2, -0.15) is 0 Å². The SMILES string of the molecule is CC[C@H](C(=O)NC)N(Cc1ccccc1Cl)C(=O)CN(c1cc(OC)ccc1OC)S(C)(=O)=O. The molecular formula is C23H30ClN3O6S. The highest BCUT2D eigenvalue weighted by atomic mass is 35.5. The molecule has 0 saturated heterocycles. The van der Waals surface area contributed by atoms with Gasteiger partial charge in [0.25, 0.3) is 0 Å². The van der Waals surface area contributed by atoms with Crippen LogP contribution in [0.1, 0.15) is 18.9 Å². The summed E-state index contributed by atoms with van der Waals surface area (Å²) in [6, 6.07) is 10.8. The van der Waals surface area contributed by atoms with Crippen LogP contribution in [-0.2, 0) is 26.2 Å². The average molecular weight is 512 g/mol. The number of amides is 2. The summed E-state index contributed by atoms with van der Waals surface area (Å²) < 4.78 is 37.0. The van der Waals surface area contributed by atoms with Gasteiger partial charge in [0.15, 0.2) is 0 Å². The number of methoxy groups -OCH3 is 2. The van der Waals surface area contributed by atoms with Gasteiger partial charge in [0.05, 0.1) is 26.2 Å². The van der Waals surface area contributed by atoms with E-state index < -0.39 is 28.5 Å². The number of carbonyl (C=O) groups is 2. The molecule has 186 valence electrons. The van der Waals surface area contributed by atoms with Gasteiger partial charge < -0.3 is 19.7 Å². The van der Waals surface area contributed by atoms with Crippen LogP contribution in [-0.4, -0.2) is 65.2 Å². The highest BCUT2D eigenvalue weighted by Gasteiger charge is 2.32. The van der Waals surface area contributed by atoms with Crippen molar-refractivity contribution >= 4 is 39.1 Å². The van der Waals surface area contributed by atoms with Gasteiger partial charge in [-0.25, -0.2) is 8.42 Å². The van der Waals surface area contributed by atoms with E-state index in [4.69, 9.17) is 21.1 Å². The first-order valence-electron chi connectivity index (χ1n) is 10.5. The highest BCUT2D eigenvalue weighted by molar-refractivity contribution is 7.92. The van der Waals surface area contributed by atoms with Crippen molar-refractivity contribution < 1.29 is 27.5 Å². The molecule has 0 radical (unpaired) electrons. The lowest BCUT2D eigenvalue weighted by atomic mass is 10.1. The van der Waals surface area contributed by atoms with Crippen molar-refractivity contribution in [3.8, 4) is 11.5 Å². The number of hydrogen-bond donors (Lipinski definition) is 1. The van der Waals surface area contributed by atoms with Crippen molar-refractivity contribution in [3.05, 3.63) is 53.1 Å². The fraction of sp³-hybridized carbons (Fsp3) is 0.391. The van der Waals surface area contributed by atoms with E-state index in [2.05, 4.69) is 5.32 Å². The van der Waals surface area contributed by atoms with Crippen molar-refractivity contribution in [1.82, 2.24) is 10.2 Å². The van der Waals surface area contributed by atoms with E-state index >= 15 is 0 Å². The van der Waals surface area contributed by atoms with E-state index in [-0.39, 0.29) is 23.9 Å². The van der Waals surface area contributed by atoms with Gasteiger partial charge in [-0.1, -0.05) is 36.7 Å². The zero-order chi connectivity index (χ0) is 25.5. The number of benzene rings is 2. The number of ether oxygens (including phenoxy) is 2. The number of anilines is 1. The third kappa shape index (κ3) is 6.54. The first-order chi connectivity index (χ1) is 16.1. The molecular weight excluding hydrogens is 482 g/mol. The van der Waals surface area contributed by atoms with Gasteiger partial charge in [-0.3, -0.25) is 13.9 Å². The molecule has 2 amide bonds. The number of halogens is 1. The maximum atomic E-state index is 13.6. The topological polar surface area (TPSA) is 105 Å². The molecule has 2 rings (SSSR count). The second-order valence-corrected chi connectivity index (χ2v) is 9.77. The van der Waals surface area contributed by atoms with Crippen LogP contribution < -0.4 is 19.1 Å². The zero-order valence-electron chi connectivity index (χ0n) is 19.9. The predicted molar refractivity (Wildman–Crippen MR) is 132 cm³/mol. The van der Waals surface area contributed by atoms with Crippen molar-refractivity contribution in [2.75, 3.05) is 38.4 Å². The Labute approximate surface area is 205 Å². The van der Waals surface area contributed by atoms with Crippen molar-refractivity contribution in [1.29, 1.82) is 0 Å². The first kappa shape index (κ1) is 27.3. The number of carbonyl (C=O) groups excluding carboxylic acids is 2. The van der Waals surface area contributed by atoms with Crippen LogP contribution in [0.25, 0.3) is 0 Å². The molecule has 2 aromatic carbocycles. The smallest absolute Gasteiger partial charge is 0.244 e. The van der Waals surface area contributed by atoms with E-state index in [1.807, 2.05) is 0 Å². The minimum atomic E-state index is -3.92. The molecule has 0 spiro atoms. The molecule has 0 fully saturated rings. The van der Waals surface area contributed by atoms with Crippen LogP contribution in [0, 0.1) is 0 Å². The maximum Gasteiger partial charge on any atom is 0.244 e. The predicted octanol–water partition coefficient (Wildman–Crippen LogP) is 2.68. The molecule has 0 unspecified atom stereocenters. The van der Waals surface area contributed by atoms with Crippen LogP contribution in [0.2, 0.25) is 5.02 Å². The van der Waals surface area contributed by atoms with E-state index in [1.54, 1.807) is 43.3 Å². The number of nitrogens with zero attached hydrogens (tertiary/aromatic N) is 2. The fourth-order valence-corrected chi connectivity index (χ4v) is 4.52. The second-order valence-electron chi connectivity index (χ2n) is 7.46. The van der Waals surface area contributed by atoms with Gasteiger partial charge in [0.1, 0.15) is 24.1 Å². The Bertz CT molecular complexity index is 1130. The van der Waals surface area contributed by atoms with Crippen LogP contribution in [0.5, 0.6) is 11.5 Å². The van der Waals surface area contributed by atoms with Crippen molar-refractivity contribution in [2.45, 2.75) is 25.9 Å². The van der Waals surface area contributed by atoms with Gasteiger partial charge >= 0.3 is 0 Å². The molecule has 0 heterocycles. The summed E-state index contributed by atoms with van der Waals surface area (Å²) in [7, 11) is 0.405. The van der Waals surface area contributed by atoms with Crippen molar-refractivity contribution in [3.63, 3.8) is 0 Å². The highest BCUT2D eigenvalue weighted by Crippen LogP contribution is 2.34. The first-order valence-corrected chi connectivity index (χ1v) is 12.7. The number of nitrogens with one attached hydrogen (secondary N) is 1. The van der Waals surface area contributed by atoms with E-state index in [0.29, 0.717) is 22.8 Å². The minimum Gasteiger partial charge on any atom is -0.497 e. The number of likely N-dealkylation sites (N-methyl/N-ethyl adjacent to an activating group) is 1. The Morgan fingerprint density at radius 2 is 1.79 bits per heavy atom. The standard InChI is InChI=1S/C23H30ClN3O6S/c1-6-19(23(29)25-2)26(14-16-9-7-8-10-18(16)24)22(28)15-27(34(5,30)31)20-13-17(32-3)11-12-21(20)33-4/h7-13,19H,6,14-15H2,1-5H3,(H,25,29)/t19-/m1/s1. The van der Waals surface area contributed by atoms with Gasteiger partial charge in [0, 0.05) is 24.7 Å². The zero-order valence-corrected chi connectivity index (χ0v) is 21.4. The Kier molecular flexibility index (Phi) is 9.57. The molecule has 2 aromatic rings. The van der Waals surface area contributed by atoms with E-state index in [1.165, 1.54) is 32.2 Å². The van der Waals surface area contributed by atoms with Gasteiger partial charge in [-0.15, -0.1) is 0 Å². The molecule has 9 nitrogen and oxygen atoms in total. The molecule has 0 aliphatic rings. The quantitative estimate of drug-likeness (QED) is 0.497. The molecule has 11 heteroatoms. The molecule has 34 heavy (non-hydrogen) atoms. The van der Waals surface area contributed by atoms with Crippen LogP contribution in [0.15, 0.2) is 42.5 Å². The summed E-state index contributed by atoms with van der Waals surface area (Å²) in [6.07, 6.45) is 1.31. The maximum absolute atomic E-state index is 13.6. The lowest BCUT2D eigenvalue weighted by Gasteiger charge is -2.33. The molecule has 1 N–H and O–H groups in total. The molecule has 0 aliphatic heterocycles. The Morgan fingerprint density at radius 3 is 2.32 bits per heavy atom. The largest absolute Gasteiger partial charge is 0.497 e. The lowest BCUT2D eigenvalue weighted by molar-refractivity contribution is -0.140. The third-order valence-corrected chi connectivity index (χ3v) is 6.76. The molecule has 0 aliphatic carbocycles. The van der Waals surface area contributed by atoms with Crippen LogP contribution in [0.4, 0.5) is 5.69 Å². The van der Waals surface area contributed by atoms with Crippen LogP contribution in [0.3, 0.4) is 0 Å². The van der Waals surface area contributed by atoms with Gasteiger partial charge in [-0.05, 0) is 30.2 Å². The summed E-state index contributed by atoms with van der Waals surface area (Å²) >= 11 is 6.31. The summed E-state index contributed by atoms with van der Waals surface area (Å²) in [5.74, 6) is -0.310. The Morgan fingerprint density at radius 1 is 1.12 bits per heavy atom. The van der Waals surface area contributed by atoms with Gasteiger partial charge in [0.2, 0.25) is 21.8 Å². The molecule has 0 saturated carbocycles. The van der Waals surface area contributed by atoms with Crippen molar-refractivity contribution in [2.24, 2.45) is 0 Å². The second kappa shape index (κ2) is 11.9. The molecule has 1 atom stereocenters. The minimum absolute atomic E-state index is 0.0251. The molecule has 0 aromatic heterocycles. The summed E-state index contributed by atoms with van der Waals surface area (Å²) in [5, 5.41) is 3.00. The number of rotatable bonds is 11. The monoisotopic (exact) mass is 511 g/mol. The summed E-state index contributed by atoms with van der Waals surface area (Å²) in [6.45, 7) is 1.24. The third-order valence-electron chi connectivity index (χ3n) is 5.26. The summed E-state index contributed by atoms with van der Waals surface area (Å²) in [4.78, 5) is 27.5. The number of sulfonamides is 1. The van der Waals surface area contributed by atoms with E-state index in [0.717, 1.165) is 10.6 Å². The Balaban J connectivity index is 2.53. The van der Waals surface area contributed by atoms with Crippen LogP contribution >= 0.6 is 11.6 Å². The fourth-order valence-electron chi connectivity index (χ4n) is 3.48. The van der Waals surface area contributed by atoms with E-state index in [9.17, 15) is 18.0 Å².